The van der Waals surface area contributed by atoms with Crippen LogP contribution < -0.4 is 5.32 Å². The van der Waals surface area contributed by atoms with E-state index in [1.807, 2.05) is 9.80 Å². The third kappa shape index (κ3) is 4.00. The van der Waals surface area contributed by atoms with Crippen LogP contribution in [0.25, 0.3) is 0 Å². The Morgan fingerprint density at radius 3 is 2.52 bits per heavy atom. The molecular formula is C17H30ClN3O2. The number of carbonyl (C=O) groups is 2. The molecule has 2 amide bonds. The van der Waals surface area contributed by atoms with E-state index in [9.17, 15) is 9.59 Å². The van der Waals surface area contributed by atoms with Gasteiger partial charge in [0.25, 0.3) is 0 Å². The average molecular weight is 344 g/mol. The summed E-state index contributed by atoms with van der Waals surface area (Å²) in [5.41, 5.74) is 0. The van der Waals surface area contributed by atoms with Gasteiger partial charge >= 0.3 is 0 Å². The largest absolute Gasteiger partial charge is 0.339 e. The van der Waals surface area contributed by atoms with E-state index in [0.29, 0.717) is 19.0 Å². The molecule has 0 aromatic heterocycles. The molecule has 2 atom stereocenters. The van der Waals surface area contributed by atoms with Crippen molar-refractivity contribution in [3.8, 4) is 0 Å². The number of carbonyl (C=O) groups excluding carboxylic acids is 2. The molecule has 2 aliphatic heterocycles. The summed E-state index contributed by atoms with van der Waals surface area (Å²) in [4.78, 5) is 29.1. The van der Waals surface area contributed by atoms with Crippen LogP contribution in [0.1, 0.15) is 46.0 Å². The zero-order valence-electron chi connectivity index (χ0n) is 14.3. The molecule has 0 aromatic carbocycles. The zero-order valence-corrected chi connectivity index (χ0v) is 15.1. The normalized spacial score (nSPS) is 35.1. The second-order valence-electron chi connectivity index (χ2n) is 7.45. The lowest BCUT2D eigenvalue weighted by molar-refractivity contribution is -0.138. The Hall–Kier alpha value is -0.810. The number of nitrogens with zero attached hydrogens (tertiary/aromatic N) is 2. The van der Waals surface area contributed by atoms with Gasteiger partial charge in [-0.2, -0.15) is 0 Å². The summed E-state index contributed by atoms with van der Waals surface area (Å²) in [5, 5.41) is 3.31. The van der Waals surface area contributed by atoms with E-state index in [-0.39, 0.29) is 36.2 Å². The third-order valence-electron chi connectivity index (χ3n) is 5.72. The van der Waals surface area contributed by atoms with Crippen LogP contribution >= 0.6 is 12.4 Å². The number of rotatable bonds is 2. The molecule has 2 heterocycles. The van der Waals surface area contributed by atoms with Gasteiger partial charge in [0.2, 0.25) is 11.8 Å². The average Bonchev–Trinajstić information content (AvgIpc) is 2.90. The highest BCUT2D eigenvalue weighted by atomic mass is 35.5. The van der Waals surface area contributed by atoms with Gasteiger partial charge in [-0.1, -0.05) is 6.92 Å². The van der Waals surface area contributed by atoms with Crippen LogP contribution in [0.4, 0.5) is 0 Å². The summed E-state index contributed by atoms with van der Waals surface area (Å²) in [7, 11) is 0. The first-order valence-corrected chi connectivity index (χ1v) is 8.87. The van der Waals surface area contributed by atoms with Crippen LogP contribution in [-0.2, 0) is 9.59 Å². The molecule has 0 aromatic rings. The minimum absolute atomic E-state index is 0. The van der Waals surface area contributed by atoms with Crippen LogP contribution in [0.5, 0.6) is 0 Å². The lowest BCUT2D eigenvalue weighted by Crippen LogP contribution is -2.54. The monoisotopic (exact) mass is 343 g/mol. The number of piperazine rings is 1. The molecule has 3 rings (SSSR count). The number of hydrogen-bond acceptors (Lipinski definition) is 3. The van der Waals surface area contributed by atoms with Gasteiger partial charge in [0, 0.05) is 44.7 Å². The fraction of sp³-hybridized carbons (Fsp3) is 0.882. The highest BCUT2D eigenvalue weighted by Crippen LogP contribution is 2.32. The topological polar surface area (TPSA) is 52.7 Å². The van der Waals surface area contributed by atoms with Gasteiger partial charge in [-0.05, 0) is 38.5 Å². The quantitative estimate of drug-likeness (QED) is 0.829. The zero-order chi connectivity index (χ0) is 15.7. The number of halogens is 1. The number of amides is 2. The van der Waals surface area contributed by atoms with E-state index >= 15 is 0 Å². The van der Waals surface area contributed by atoms with E-state index in [0.717, 1.165) is 38.4 Å². The Morgan fingerprint density at radius 1 is 1.17 bits per heavy atom. The first-order valence-electron chi connectivity index (χ1n) is 8.87. The van der Waals surface area contributed by atoms with Gasteiger partial charge in [0.1, 0.15) is 0 Å². The molecule has 0 bridgehead atoms. The van der Waals surface area contributed by atoms with Gasteiger partial charge in [-0.25, -0.2) is 0 Å². The van der Waals surface area contributed by atoms with Crippen molar-refractivity contribution in [2.45, 2.75) is 58.0 Å². The summed E-state index contributed by atoms with van der Waals surface area (Å²) in [6.45, 7) is 7.51. The minimum atomic E-state index is -0.118. The summed E-state index contributed by atoms with van der Waals surface area (Å²) >= 11 is 0. The maximum atomic E-state index is 12.8. The number of nitrogens with one attached hydrogen (secondary N) is 1. The fourth-order valence-corrected chi connectivity index (χ4v) is 4.21. The summed E-state index contributed by atoms with van der Waals surface area (Å²) < 4.78 is 0. The van der Waals surface area contributed by atoms with E-state index in [4.69, 9.17) is 0 Å². The van der Waals surface area contributed by atoms with Crippen LogP contribution in [-0.4, -0.2) is 59.9 Å². The molecule has 23 heavy (non-hydrogen) atoms. The van der Waals surface area contributed by atoms with Crippen LogP contribution in [0.2, 0.25) is 0 Å². The molecule has 5 nitrogen and oxygen atoms in total. The standard InChI is InChI=1S/C17H29N3O2.ClH/c1-12-3-5-15(6-4-12)20-11-14(9-16(20)21)17(22)19-8-7-18-10-13(19)2;/h12-15,18H,3-11H2,1-2H3;1H/t12?,13-,14?,15?;/m1./s1. The van der Waals surface area contributed by atoms with Crippen molar-refractivity contribution in [1.29, 1.82) is 0 Å². The van der Waals surface area contributed by atoms with Crippen molar-refractivity contribution >= 4 is 24.2 Å². The highest BCUT2D eigenvalue weighted by Gasteiger charge is 2.41. The summed E-state index contributed by atoms with van der Waals surface area (Å²) in [6, 6.07) is 0.614. The van der Waals surface area contributed by atoms with Crippen molar-refractivity contribution in [2.75, 3.05) is 26.2 Å². The Kier molecular flexibility index (Phi) is 6.32. The maximum absolute atomic E-state index is 12.8. The molecule has 6 heteroatoms. The smallest absolute Gasteiger partial charge is 0.228 e. The van der Waals surface area contributed by atoms with Crippen molar-refractivity contribution in [1.82, 2.24) is 15.1 Å². The van der Waals surface area contributed by atoms with Crippen molar-refractivity contribution in [3.05, 3.63) is 0 Å². The highest BCUT2D eigenvalue weighted by molar-refractivity contribution is 5.89. The number of hydrogen-bond donors (Lipinski definition) is 1. The molecule has 1 N–H and O–H groups in total. The van der Waals surface area contributed by atoms with Crippen LogP contribution in [0, 0.1) is 11.8 Å². The molecular weight excluding hydrogens is 314 g/mol. The first kappa shape index (κ1) is 18.5. The maximum Gasteiger partial charge on any atom is 0.228 e. The van der Waals surface area contributed by atoms with Crippen molar-refractivity contribution in [3.63, 3.8) is 0 Å². The Labute approximate surface area is 145 Å². The first-order chi connectivity index (χ1) is 10.6. The van der Waals surface area contributed by atoms with E-state index < -0.39 is 0 Å². The van der Waals surface area contributed by atoms with Crippen LogP contribution in [0.15, 0.2) is 0 Å². The van der Waals surface area contributed by atoms with Gasteiger partial charge in [0.05, 0.1) is 5.92 Å². The molecule has 1 aliphatic carbocycles. The Morgan fingerprint density at radius 2 is 1.87 bits per heavy atom. The molecule has 3 aliphatic rings. The Bertz CT molecular complexity index is 438. The van der Waals surface area contributed by atoms with E-state index in [1.165, 1.54) is 12.8 Å². The van der Waals surface area contributed by atoms with Crippen LogP contribution in [0.3, 0.4) is 0 Å². The molecule has 132 valence electrons. The molecule has 3 fully saturated rings. The Balaban J connectivity index is 0.00000192. The second kappa shape index (κ2) is 7.84. The summed E-state index contributed by atoms with van der Waals surface area (Å²) in [6.07, 6.45) is 5.06. The summed E-state index contributed by atoms with van der Waals surface area (Å²) in [5.74, 6) is 1.05. The molecule has 2 saturated heterocycles. The minimum Gasteiger partial charge on any atom is -0.339 e. The van der Waals surface area contributed by atoms with E-state index in [2.05, 4.69) is 19.2 Å². The lowest BCUT2D eigenvalue weighted by Gasteiger charge is -2.36. The van der Waals surface area contributed by atoms with Gasteiger partial charge in [-0.15, -0.1) is 12.4 Å². The van der Waals surface area contributed by atoms with Crippen molar-refractivity contribution < 1.29 is 9.59 Å². The molecule has 1 saturated carbocycles. The molecule has 1 unspecified atom stereocenters. The van der Waals surface area contributed by atoms with Gasteiger partial charge < -0.3 is 15.1 Å². The second-order valence-corrected chi connectivity index (χ2v) is 7.45. The third-order valence-corrected chi connectivity index (χ3v) is 5.72. The predicted molar refractivity (Wildman–Crippen MR) is 92.5 cm³/mol. The predicted octanol–water partition coefficient (Wildman–Crippen LogP) is 1.66. The lowest BCUT2D eigenvalue weighted by atomic mass is 9.86. The van der Waals surface area contributed by atoms with Gasteiger partial charge in [0.15, 0.2) is 0 Å². The SMILES string of the molecule is CC1CCC(N2CC(C(=O)N3CCNC[C@H]3C)CC2=O)CC1.Cl. The van der Waals surface area contributed by atoms with Gasteiger partial charge in [-0.3, -0.25) is 9.59 Å². The molecule has 0 spiro atoms. The molecule has 0 radical (unpaired) electrons. The van der Waals surface area contributed by atoms with E-state index in [1.54, 1.807) is 0 Å². The number of likely N-dealkylation sites (tertiary alicyclic amines) is 1. The van der Waals surface area contributed by atoms with Crippen molar-refractivity contribution in [2.24, 2.45) is 11.8 Å². The fourth-order valence-electron chi connectivity index (χ4n) is 4.21.